The van der Waals surface area contributed by atoms with Gasteiger partial charge in [-0.25, -0.2) is 0 Å². The summed E-state index contributed by atoms with van der Waals surface area (Å²) in [5, 5.41) is 9.97. The van der Waals surface area contributed by atoms with Gasteiger partial charge in [-0.3, -0.25) is 4.90 Å². The number of nitrogens with zero attached hydrogens (tertiary/aromatic N) is 1. The zero-order chi connectivity index (χ0) is 14.9. The largest absolute Gasteiger partial charge is 0.494 e. The molecule has 1 aliphatic rings. The van der Waals surface area contributed by atoms with E-state index in [0.29, 0.717) is 12.6 Å². The normalized spacial score (nSPS) is 16.3. The number of aliphatic hydroxyl groups is 1. The summed E-state index contributed by atoms with van der Waals surface area (Å²) in [4.78, 5) is 2.43. The molecule has 1 N–H and O–H groups in total. The molecule has 21 heavy (non-hydrogen) atoms. The molecule has 0 aromatic heterocycles. The van der Waals surface area contributed by atoms with Crippen molar-refractivity contribution < 1.29 is 9.84 Å². The molecule has 2 rings (SSSR count). The first kappa shape index (κ1) is 16.6. The van der Waals surface area contributed by atoms with Crippen LogP contribution in [0.25, 0.3) is 0 Å². The lowest BCUT2D eigenvalue weighted by molar-refractivity contribution is 0.116. The van der Waals surface area contributed by atoms with Gasteiger partial charge >= 0.3 is 0 Å². The Morgan fingerprint density at radius 1 is 1.10 bits per heavy atom. The van der Waals surface area contributed by atoms with Gasteiger partial charge in [-0.05, 0) is 43.5 Å². The van der Waals surface area contributed by atoms with E-state index in [9.17, 15) is 5.11 Å². The highest BCUT2D eigenvalue weighted by atomic mass is 35.5. The van der Waals surface area contributed by atoms with Gasteiger partial charge < -0.3 is 9.84 Å². The van der Waals surface area contributed by atoms with E-state index in [2.05, 4.69) is 4.90 Å². The summed E-state index contributed by atoms with van der Waals surface area (Å²) in [6, 6.07) is 8.14. The molecule has 0 amide bonds. The Hall–Kier alpha value is -0.770. The highest BCUT2D eigenvalue weighted by Crippen LogP contribution is 2.22. The molecule has 0 bridgehead atoms. The fraction of sp³-hybridized carbons (Fsp3) is 0.647. The maximum atomic E-state index is 9.24. The third-order valence-electron chi connectivity index (χ3n) is 4.15. The Morgan fingerprint density at radius 2 is 1.81 bits per heavy atom. The Bertz CT molecular complexity index is 390. The van der Waals surface area contributed by atoms with E-state index < -0.39 is 0 Å². The average molecular weight is 312 g/mol. The van der Waals surface area contributed by atoms with E-state index in [1.54, 1.807) is 0 Å². The van der Waals surface area contributed by atoms with Gasteiger partial charge in [0.1, 0.15) is 5.75 Å². The molecule has 4 heteroatoms. The van der Waals surface area contributed by atoms with Crippen molar-refractivity contribution in [2.24, 2.45) is 0 Å². The van der Waals surface area contributed by atoms with E-state index in [1.807, 2.05) is 24.3 Å². The van der Waals surface area contributed by atoms with Gasteiger partial charge in [0, 0.05) is 24.2 Å². The van der Waals surface area contributed by atoms with E-state index in [0.717, 1.165) is 30.3 Å². The van der Waals surface area contributed by atoms with Crippen molar-refractivity contribution >= 4 is 11.6 Å². The van der Waals surface area contributed by atoms with Crippen LogP contribution >= 0.6 is 11.6 Å². The summed E-state index contributed by atoms with van der Waals surface area (Å²) < 4.78 is 5.73. The van der Waals surface area contributed by atoms with Gasteiger partial charge in [0.05, 0.1) is 13.2 Å². The predicted molar refractivity (Wildman–Crippen MR) is 87.1 cm³/mol. The molecule has 1 aliphatic carbocycles. The number of ether oxygens (including phenoxy) is 1. The Balaban J connectivity index is 1.70. The minimum absolute atomic E-state index is 0.245. The molecule has 1 aromatic rings. The molecule has 3 nitrogen and oxygen atoms in total. The molecule has 0 aliphatic heterocycles. The first-order chi connectivity index (χ1) is 10.3. The molecule has 0 spiro atoms. The second-order valence-electron chi connectivity index (χ2n) is 5.71. The molecular formula is C17H26ClNO2. The fourth-order valence-corrected chi connectivity index (χ4v) is 3.17. The van der Waals surface area contributed by atoms with Gasteiger partial charge in [0.25, 0.3) is 0 Å². The van der Waals surface area contributed by atoms with Crippen molar-refractivity contribution in [3.63, 3.8) is 0 Å². The van der Waals surface area contributed by atoms with Gasteiger partial charge in [-0.1, -0.05) is 30.9 Å². The van der Waals surface area contributed by atoms with Crippen molar-refractivity contribution in [2.75, 3.05) is 26.3 Å². The van der Waals surface area contributed by atoms with E-state index in [4.69, 9.17) is 16.3 Å². The van der Waals surface area contributed by atoms with Crippen molar-refractivity contribution in [1.29, 1.82) is 0 Å². The number of hydrogen-bond acceptors (Lipinski definition) is 3. The number of hydrogen-bond donors (Lipinski definition) is 1. The zero-order valence-electron chi connectivity index (χ0n) is 12.6. The van der Waals surface area contributed by atoms with Crippen molar-refractivity contribution in [3.8, 4) is 5.75 Å². The van der Waals surface area contributed by atoms with Crippen LogP contribution in [0.15, 0.2) is 24.3 Å². The van der Waals surface area contributed by atoms with Crippen molar-refractivity contribution in [3.05, 3.63) is 29.3 Å². The summed E-state index contributed by atoms with van der Waals surface area (Å²) in [7, 11) is 0. The summed E-state index contributed by atoms with van der Waals surface area (Å²) in [5.74, 6) is 0.866. The molecule has 118 valence electrons. The minimum atomic E-state index is 0.245. The van der Waals surface area contributed by atoms with Crippen LogP contribution < -0.4 is 4.74 Å². The summed E-state index contributed by atoms with van der Waals surface area (Å²) in [5.41, 5.74) is 0. The molecule has 0 saturated heterocycles. The van der Waals surface area contributed by atoms with Gasteiger partial charge in [0.2, 0.25) is 0 Å². The lowest BCUT2D eigenvalue weighted by atomic mass is 9.94. The molecule has 1 fully saturated rings. The highest BCUT2D eigenvalue weighted by Gasteiger charge is 2.20. The maximum absolute atomic E-state index is 9.24. The second kappa shape index (κ2) is 9.29. The molecule has 1 saturated carbocycles. The van der Waals surface area contributed by atoms with Gasteiger partial charge in [0.15, 0.2) is 0 Å². The highest BCUT2D eigenvalue weighted by molar-refractivity contribution is 6.30. The monoisotopic (exact) mass is 311 g/mol. The van der Waals surface area contributed by atoms with Crippen molar-refractivity contribution in [1.82, 2.24) is 4.90 Å². The molecular weight excluding hydrogens is 286 g/mol. The van der Waals surface area contributed by atoms with Crippen LogP contribution in [-0.2, 0) is 0 Å². The summed E-state index contributed by atoms with van der Waals surface area (Å²) in [6.45, 7) is 2.73. The van der Waals surface area contributed by atoms with Crippen LogP contribution in [-0.4, -0.2) is 42.4 Å². The minimum Gasteiger partial charge on any atom is -0.494 e. The first-order valence-electron chi connectivity index (χ1n) is 8.03. The molecule has 0 atom stereocenters. The van der Waals surface area contributed by atoms with Gasteiger partial charge in [-0.2, -0.15) is 0 Å². The van der Waals surface area contributed by atoms with Crippen LogP contribution in [0, 0.1) is 0 Å². The van der Waals surface area contributed by atoms with E-state index in [-0.39, 0.29) is 6.61 Å². The number of halogens is 1. The predicted octanol–water partition coefficient (Wildman–Crippen LogP) is 3.74. The third-order valence-corrected chi connectivity index (χ3v) is 4.40. The number of benzene rings is 1. The SMILES string of the molecule is OCCN(CCCOc1ccc(Cl)cc1)C1CCCCC1. The van der Waals surface area contributed by atoms with Crippen LogP contribution in [0.2, 0.25) is 5.02 Å². The quantitative estimate of drug-likeness (QED) is 0.742. The van der Waals surface area contributed by atoms with Crippen molar-refractivity contribution in [2.45, 2.75) is 44.6 Å². The van der Waals surface area contributed by atoms with Crippen LogP contribution in [0.1, 0.15) is 38.5 Å². The molecule has 1 aromatic carbocycles. The number of aliphatic hydroxyl groups excluding tert-OH is 1. The topological polar surface area (TPSA) is 32.7 Å². The van der Waals surface area contributed by atoms with Crippen LogP contribution in [0.4, 0.5) is 0 Å². The summed E-state index contributed by atoms with van der Waals surface area (Å²) in [6.07, 6.45) is 7.56. The number of rotatable bonds is 8. The van der Waals surface area contributed by atoms with E-state index >= 15 is 0 Å². The van der Waals surface area contributed by atoms with Crippen LogP contribution in [0.5, 0.6) is 5.75 Å². The van der Waals surface area contributed by atoms with Gasteiger partial charge in [-0.15, -0.1) is 0 Å². The lowest BCUT2D eigenvalue weighted by Gasteiger charge is -2.33. The third kappa shape index (κ3) is 5.85. The maximum Gasteiger partial charge on any atom is 0.119 e. The fourth-order valence-electron chi connectivity index (χ4n) is 3.04. The second-order valence-corrected chi connectivity index (χ2v) is 6.14. The molecule has 0 radical (unpaired) electrons. The lowest BCUT2D eigenvalue weighted by Crippen LogP contribution is -2.39. The Labute approximate surface area is 132 Å². The molecule has 0 unspecified atom stereocenters. The standard InChI is InChI=1S/C17H26ClNO2/c18-15-7-9-17(10-8-15)21-14-4-11-19(12-13-20)16-5-2-1-3-6-16/h7-10,16,20H,1-6,11-14H2. The Kier molecular flexibility index (Phi) is 7.34. The Morgan fingerprint density at radius 3 is 2.48 bits per heavy atom. The summed E-state index contributed by atoms with van der Waals surface area (Å²) >= 11 is 5.85. The van der Waals surface area contributed by atoms with E-state index in [1.165, 1.54) is 32.1 Å². The van der Waals surface area contributed by atoms with Crippen LogP contribution in [0.3, 0.4) is 0 Å². The smallest absolute Gasteiger partial charge is 0.119 e. The first-order valence-corrected chi connectivity index (χ1v) is 8.40. The zero-order valence-corrected chi connectivity index (χ0v) is 13.4. The average Bonchev–Trinajstić information content (AvgIpc) is 2.53. The molecule has 0 heterocycles.